The topological polar surface area (TPSA) is 62.7 Å². The van der Waals surface area contributed by atoms with Crippen molar-refractivity contribution in [3.63, 3.8) is 0 Å². The summed E-state index contributed by atoms with van der Waals surface area (Å²) in [5.74, 6) is 0.578. The lowest BCUT2D eigenvalue weighted by Gasteiger charge is -2.11. The number of carbonyl (C=O) groups is 1. The molecule has 2 N–H and O–H groups in total. The molecule has 0 aliphatic rings. The van der Waals surface area contributed by atoms with E-state index >= 15 is 0 Å². The van der Waals surface area contributed by atoms with E-state index in [1.807, 2.05) is 44.3 Å². The maximum atomic E-state index is 12.3. The molecule has 0 spiro atoms. The highest BCUT2D eigenvalue weighted by Crippen LogP contribution is 2.17. The van der Waals surface area contributed by atoms with Crippen molar-refractivity contribution in [3.8, 4) is 0 Å². The Morgan fingerprint density at radius 1 is 1.30 bits per heavy atom. The Bertz CT molecular complexity index is 754. The van der Waals surface area contributed by atoms with Crippen molar-refractivity contribution >= 4 is 22.6 Å². The minimum Gasteiger partial charge on any atom is -0.361 e. The zero-order valence-corrected chi connectivity index (χ0v) is 11.4. The molecular weight excluding hydrogens is 252 g/mol. The summed E-state index contributed by atoms with van der Waals surface area (Å²) in [7, 11) is 0. The molecule has 0 aliphatic heterocycles. The van der Waals surface area contributed by atoms with Gasteiger partial charge in [-0.25, -0.2) is 4.68 Å². The number of benzene rings is 1. The van der Waals surface area contributed by atoms with Gasteiger partial charge in [-0.2, -0.15) is 5.10 Å². The maximum absolute atomic E-state index is 12.3. The fourth-order valence-corrected chi connectivity index (χ4v) is 2.21. The first kappa shape index (κ1) is 12.5. The van der Waals surface area contributed by atoms with Crippen LogP contribution >= 0.6 is 0 Å². The Balaban J connectivity index is 1.86. The van der Waals surface area contributed by atoms with Crippen LogP contribution < -0.4 is 5.32 Å². The molecular formula is C15H16N4O. The van der Waals surface area contributed by atoms with E-state index in [9.17, 15) is 4.79 Å². The standard InChI is InChI=1S/C15H16N4O/c1-10(2)19-14(6-8-17-19)18-15(20)12-3-4-13-11(9-12)5-7-16-13/h3-10,16H,1-2H3,(H,18,20). The van der Waals surface area contributed by atoms with Crippen LogP contribution in [-0.4, -0.2) is 20.7 Å². The highest BCUT2D eigenvalue weighted by Gasteiger charge is 2.11. The van der Waals surface area contributed by atoms with Crippen molar-refractivity contribution in [2.24, 2.45) is 0 Å². The number of anilines is 1. The van der Waals surface area contributed by atoms with Gasteiger partial charge >= 0.3 is 0 Å². The zero-order valence-electron chi connectivity index (χ0n) is 11.4. The molecule has 5 nitrogen and oxygen atoms in total. The second-order valence-electron chi connectivity index (χ2n) is 4.99. The third kappa shape index (κ3) is 2.18. The first-order valence-electron chi connectivity index (χ1n) is 6.57. The lowest BCUT2D eigenvalue weighted by atomic mass is 10.1. The van der Waals surface area contributed by atoms with Gasteiger partial charge in [-0.1, -0.05) is 0 Å². The summed E-state index contributed by atoms with van der Waals surface area (Å²) in [6.45, 7) is 4.04. The highest BCUT2D eigenvalue weighted by atomic mass is 16.1. The third-order valence-corrected chi connectivity index (χ3v) is 3.22. The number of rotatable bonds is 3. The quantitative estimate of drug-likeness (QED) is 0.766. The van der Waals surface area contributed by atoms with Crippen molar-refractivity contribution < 1.29 is 4.79 Å². The van der Waals surface area contributed by atoms with Gasteiger partial charge in [-0.05, 0) is 38.1 Å². The summed E-state index contributed by atoms with van der Waals surface area (Å²) in [4.78, 5) is 15.4. The molecule has 0 radical (unpaired) electrons. The van der Waals surface area contributed by atoms with E-state index in [2.05, 4.69) is 15.4 Å². The first-order chi connectivity index (χ1) is 9.65. The van der Waals surface area contributed by atoms with E-state index in [0.717, 1.165) is 10.9 Å². The summed E-state index contributed by atoms with van der Waals surface area (Å²) >= 11 is 0. The van der Waals surface area contributed by atoms with Gasteiger partial charge in [-0.15, -0.1) is 0 Å². The molecule has 0 aliphatic carbocycles. The number of carbonyl (C=O) groups excluding carboxylic acids is 1. The van der Waals surface area contributed by atoms with E-state index in [4.69, 9.17) is 0 Å². The second kappa shape index (κ2) is 4.85. The number of hydrogen-bond acceptors (Lipinski definition) is 2. The lowest BCUT2D eigenvalue weighted by molar-refractivity contribution is 0.102. The molecule has 0 saturated carbocycles. The van der Waals surface area contributed by atoms with Crippen LogP contribution in [0.15, 0.2) is 42.7 Å². The molecule has 2 aromatic heterocycles. The van der Waals surface area contributed by atoms with Crippen LogP contribution in [-0.2, 0) is 0 Å². The predicted octanol–water partition coefficient (Wildman–Crippen LogP) is 3.20. The highest BCUT2D eigenvalue weighted by molar-refractivity contribution is 6.05. The maximum Gasteiger partial charge on any atom is 0.256 e. The lowest BCUT2D eigenvalue weighted by Crippen LogP contribution is -2.16. The van der Waals surface area contributed by atoms with Gasteiger partial charge in [0, 0.05) is 34.8 Å². The minimum atomic E-state index is -0.129. The Morgan fingerprint density at radius 2 is 2.15 bits per heavy atom. The Labute approximate surface area is 116 Å². The normalized spacial score (nSPS) is 11.2. The molecule has 0 unspecified atom stereocenters. The van der Waals surface area contributed by atoms with E-state index in [1.54, 1.807) is 16.9 Å². The number of fused-ring (bicyclic) bond motifs is 1. The van der Waals surface area contributed by atoms with E-state index in [-0.39, 0.29) is 11.9 Å². The number of amides is 1. The summed E-state index contributed by atoms with van der Waals surface area (Å²) in [5, 5.41) is 8.12. The fourth-order valence-electron chi connectivity index (χ4n) is 2.21. The summed E-state index contributed by atoms with van der Waals surface area (Å²) in [6.07, 6.45) is 3.55. The number of aromatic amines is 1. The molecule has 3 rings (SSSR count). The molecule has 0 saturated heterocycles. The smallest absolute Gasteiger partial charge is 0.256 e. The SMILES string of the molecule is CC(C)n1nccc1NC(=O)c1ccc2[nH]ccc2c1. The minimum absolute atomic E-state index is 0.129. The number of nitrogens with zero attached hydrogens (tertiary/aromatic N) is 2. The van der Waals surface area contributed by atoms with Crippen LogP contribution in [0.1, 0.15) is 30.2 Å². The van der Waals surface area contributed by atoms with Crippen molar-refractivity contribution in [1.82, 2.24) is 14.8 Å². The monoisotopic (exact) mass is 268 g/mol. The number of hydrogen-bond donors (Lipinski definition) is 2. The Kier molecular flexibility index (Phi) is 3.02. The summed E-state index contributed by atoms with van der Waals surface area (Å²) in [6, 6.07) is 9.54. The molecule has 1 amide bonds. The van der Waals surface area contributed by atoms with Crippen LogP contribution in [0.25, 0.3) is 10.9 Å². The molecule has 0 fully saturated rings. The largest absolute Gasteiger partial charge is 0.361 e. The molecule has 2 heterocycles. The van der Waals surface area contributed by atoms with E-state index < -0.39 is 0 Å². The van der Waals surface area contributed by atoms with E-state index in [1.165, 1.54) is 0 Å². The van der Waals surface area contributed by atoms with Crippen molar-refractivity contribution in [1.29, 1.82) is 0 Å². The zero-order chi connectivity index (χ0) is 14.1. The average molecular weight is 268 g/mol. The fraction of sp³-hybridized carbons (Fsp3) is 0.200. The Morgan fingerprint density at radius 3 is 2.95 bits per heavy atom. The van der Waals surface area contributed by atoms with Gasteiger partial charge in [0.2, 0.25) is 0 Å². The third-order valence-electron chi connectivity index (χ3n) is 3.22. The van der Waals surface area contributed by atoms with Crippen molar-refractivity contribution in [2.75, 3.05) is 5.32 Å². The molecule has 0 atom stereocenters. The first-order valence-corrected chi connectivity index (χ1v) is 6.57. The van der Waals surface area contributed by atoms with Gasteiger partial charge in [0.25, 0.3) is 5.91 Å². The van der Waals surface area contributed by atoms with Crippen LogP contribution in [0.2, 0.25) is 0 Å². The molecule has 3 aromatic rings. The molecule has 102 valence electrons. The van der Waals surface area contributed by atoms with Gasteiger partial charge in [-0.3, -0.25) is 4.79 Å². The Hall–Kier alpha value is -2.56. The number of aromatic nitrogens is 3. The molecule has 0 bridgehead atoms. The van der Waals surface area contributed by atoms with Crippen LogP contribution in [0.3, 0.4) is 0 Å². The average Bonchev–Trinajstić information content (AvgIpc) is 3.05. The number of H-pyrrole nitrogens is 1. The molecule has 5 heteroatoms. The molecule has 20 heavy (non-hydrogen) atoms. The van der Waals surface area contributed by atoms with Gasteiger partial charge < -0.3 is 10.3 Å². The number of nitrogens with one attached hydrogen (secondary N) is 2. The predicted molar refractivity (Wildman–Crippen MR) is 78.9 cm³/mol. The summed E-state index contributed by atoms with van der Waals surface area (Å²) in [5.41, 5.74) is 1.65. The second-order valence-corrected chi connectivity index (χ2v) is 4.99. The van der Waals surface area contributed by atoms with Gasteiger partial charge in [0.1, 0.15) is 5.82 Å². The van der Waals surface area contributed by atoms with Gasteiger partial charge in [0.05, 0.1) is 6.20 Å². The van der Waals surface area contributed by atoms with Gasteiger partial charge in [0.15, 0.2) is 0 Å². The molecule has 1 aromatic carbocycles. The van der Waals surface area contributed by atoms with Crippen molar-refractivity contribution in [3.05, 3.63) is 48.3 Å². The van der Waals surface area contributed by atoms with E-state index in [0.29, 0.717) is 11.4 Å². The van der Waals surface area contributed by atoms with Crippen molar-refractivity contribution in [2.45, 2.75) is 19.9 Å². The summed E-state index contributed by atoms with van der Waals surface area (Å²) < 4.78 is 1.78. The van der Waals surface area contributed by atoms with Crippen LogP contribution in [0.4, 0.5) is 5.82 Å². The van der Waals surface area contributed by atoms with Crippen LogP contribution in [0.5, 0.6) is 0 Å². The van der Waals surface area contributed by atoms with Crippen LogP contribution in [0, 0.1) is 0 Å².